The number of carbonyl (C=O) groups excluding carboxylic acids is 1. The van der Waals surface area contributed by atoms with Gasteiger partial charge in [0.15, 0.2) is 5.78 Å². The largest absolute Gasteiger partial charge is 0.293 e. The Kier molecular flexibility index (Phi) is 4.27. The number of ketones is 1. The average molecular weight is 274 g/mol. The van der Waals surface area contributed by atoms with Gasteiger partial charge in [-0.25, -0.2) is 0 Å². The van der Waals surface area contributed by atoms with Gasteiger partial charge in [0, 0.05) is 5.56 Å². The Morgan fingerprint density at radius 3 is 2.74 bits per heavy atom. The quantitative estimate of drug-likeness (QED) is 0.745. The summed E-state index contributed by atoms with van der Waals surface area (Å²) in [6.07, 6.45) is 9.14. The van der Waals surface area contributed by atoms with Gasteiger partial charge in [0.25, 0.3) is 0 Å². The first-order valence-corrected chi connectivity index (χ1v) is 8.71. The molecule has 102 valence electrons. The maximum atomic E-state index is 12.2. The number of fused-ring (bicyclic) bond motifs is 1. The zero-order chi connectivity index (χ0) is 13.1. The lowest BCUT2D eigenvalue weighted by Crippen LogP contribution is -2.06. The molecule has 1 fully saturated rings. The molecule has 1 aromatic rings. The van der Waals surface area contributed by atoms with E-state index in [1.807, 2.05) is 17.8 Å². The van der Waals surface area contributed by atoms with Gasteiger partial charge in [0.2, 0.25) is 0 Å². The van der Waals surface area contributed by atoms with Crippen molar-refractivity contribution < 1.29 is 4.79 Å². The second kappa shape index (κ2) is 6.13. The van der Waals surface area contributed by atoms with Crippen molar-refractivity contribution in [3.8, 4) is 0 Å². The van der Waals surface area contributed by atoms with Crippen LogP contribution in [0, 0.1) is 5.92 Å². The molecular formula is C17H22OS. The molecule has 1 nitrogen and oxygen atoms in total. The van der Waals surface area contributed by atoms with E-state index in [4.69, 9.17) is 0 Å². The van der Waals surface area contributed by atoms with Crippen LogP contribution in [0.25, 0.3) is 0 Å². The predicted molar refractivity (Wildman–Crippen MR) is 82.1 cm³/mol. The van der Waals surface area contributed by atoms with Crippen LogP contribution in [0.15, 0.2) is 18.2 Å². The van der Waals surface area contributed by atoms with Gasteiger partial charge in [-0.3, -0.25) is 4.79 Å². The van der Waals surface area contributed by atoms with Crippen LogP contribution in [0.5, 0.6) is 0 Å². The highest BCUT2D eigenvalue weighted by atomic mass is 32.2. The molecular weight excluding hydrogens is 252 g/mol. The molecule has 1 saturated carbocycles. The molecule has 0 spiro atoms. The minimum Gasteiger partial charge on any atom is -0.293 e. The Hall–Kier alpha value is -0.760. The van der Waals surface area contributed by atoms with Crippen LogP contribution in [0.2, 0.25) is 0 Å². The second-order valence-electron chi connectivity index (χ2n) is 5.93. The molecule has 2 aliphatic rings. The van der Waals surface area contributed by atoms with E-state index in [0.29, 0.717) is 11.5 Å². The van der Waals surface area contributed by atoms with Crippen molar-refractivity contribution in [2.45, 2.75) is 44.9 Å². The summed E-state index contributed by atoms with van der Waals surface area (Å²) in [6, 6.07) is 6.33. The van der Waals surface area contributed by atoms with Gasteiger partial charge in [-0.15, -0.1) is 0 Å². The van der Waals surface area contributed by atoms with Crippen LogP contribution in [0.4, 0.5) is 0 Å². The minimum atomic E-state index is 0.317. The summed E-state index contributed by atoms with van der Waals surface area (Å²) in [5.41, 5.74) is 3.79. The molecule has 0 heterocycles. The summed E-state index contributed by atoms with van der Waals surface area (Å²) in [7, 11) is 0. The van der Waals surface area contributed by atoms with Gasteiger partial charge in [-0.1, -0.05) is 25.0 Å². The van der Waals surface area contributed by atoms with Gasteiger partial charge in [-0.2, -0.15) is 11.8 Å². The standard InChI is InChI=1S/C17H22OS/c18-17(12-19-11-13-4-1-2-5-13)16-9-8-14-6-3-7-15(14)10-16/h8-10,13H,1-7,11-12H2. The minimum absolute atomic E-state index is 0.317. The molecule has 2 heteroatoms. The first kappa shape index (κ1) is 13.2. The highest BCUT2D eigenvalue weighted by Crippen LogP contribution is 2.28. The molecule has 3 rings (SSSR count). The number of hydrogen-bond donors (Lipinski definition) is 0. The molecule has 0 N–H and O–H groups in total. The molecule has 0 saturated heterocycles. The molecule has 0 unspecified atom stereocenters. The lowest BCUT2D eigenvalue weighted by Gasteiger charge is -2.08. The van der Waals surface area contributed by atoms with E-state index in [1.165, 1.54) is 55.4 Å². The molecule has 1 aromatic carbocycles. The lowest BCUT2D eigenvalue weighted by atomic mass is 10.0. The Morgan fingerprint density at radius 1 is 1.11 bits per heavy atom. The van der Waals surface area contributed by atoms with E-state index in [0.717, 1.165) is 17.9 Å². The third kappa shape index (κ3) is 3.22. The average Bonchev–Trinajstić information content (AvgIpc) is 3.08. The summed E-state index contributed by atoms with van der Waals surface area (Å²) in [4.78, 5) is 12.2. The second-order valence-corrected chi connectivity index (χ2v) is 6.96. The van der Waals surface area contributed by atoms with Crippen molar-refractivity contribution in [2.24, 2.45) is 5.92 Å². The SMILES string of the molecule is O=C(CSCC1CCCC1)c1ccc2c(c1)CCC2. The molecule has 0 aromatic heterocycles. The smallest absolute Gasteiger partial charge is 0.172 e. The van der Waals surface area contributed by atoms with Crippen molar-refractivity contribution in [2.75, 3.05) is 11.5 Å². The zero-order valence-corrected chi connectivity index (χ0v) is 12.3. The number of benzene rings is 1. The van der Waals surface area contributed by atoms with E-state index in [2.05, 4.69) is 12.1 Å². The number of aryl methyl sites for hydroxylation is 2. The Bertz CT molecular complexity index is 460. The van der Waals surface area contributed by atoms with Crippen LogP contribution in [-0.4, -0.2) is 17.3 Å². The van der Waals surface area contributed by atoms with Crippen molar-refractivity contribution in [1.82, 2.24) is 0 Å². The van der Waals surface area contributed by atoms with Gasteiger partial charge in [0.1, 0.15) is 0 Å². The van der Waals surface area contributed by atoms with E-state index in [-0.39, 0.29) is 0 Å². The third-order valence-electron chi connectivity index (χ3n) is 4.48. The fraction of sp³-hybridized carbons (Fsp3) is 0.588. The van der Waals surface area contributed by atoms with Gasteiger partial charge in [0.05, 0.1) is 5.75 Å². The Morgan fingerprint density at radius 2 is 1.89 bits per heavy atom. The molecule has 2 aliphatic carbocycles. The first-order valence-electron chi connectivity index (χ1n) is 7.55. The molecule has 0 radical (unpaired) electrons. The highest BCUT2D eigenvalue weighted by Gasteiger charge is 2.17. The van der Waals surface area contributed by atoms with Crippen molar-refractivity contribution in [3.05, 3.63) is 34.9 Å². The Labute approximate surface area is 120 Å². The maximum Gasteiger partial charge on any atom is 0.172 e. The monoisotopic (exact) mass is 274 g/mol. The van der Waals surface area contributed by atoms with Gasteiger partial charge in [-0.05, 0) is 61.0 Å². The van der Waals surface area contributed by atoms with Gasteiger partial charge < -0.3 is 0 Å². The number of thioether (sulfide) groups is 1. The van der Waals surface area contributed by atoms with Crippen LogP contribution in [0.3, 0.4) is 0 Å². The highest BCUT2D eigenvalue weighted by molar-refractivity contribution is 7.99. The summed E-state index contributed by atoms with van der Waals surface area (Å²) >= 11 is 1.84. The summed E-state index contributed by atoms with van der Waals surface area (Å²) in [6.45, 7) is 0. The maximum absolute atomic E-state index is 12.2. The lowest BCUT2D eigenvalue weighted by molar-refractivity contribution is 0.102. The Balaban J connectivity index is 1.52. The summed E-state index contributed by atoms with van der Waals surface area (Å²) < 4.78 is 0. The first-order chi connectivity index (χ1) is 9.33. The van der Waals surface area contributed by atoms with E-state index in [9.17, 15) is 4.79 Å². The normalized spacial score (nSPS) is 18.7. The van der Waals surface area contributed by atoms with Crippen LogP contribution < -0.4 is 0 Å². The van der Waals surface area contributed by atoms with Crippen LogP contribution >= 0.6 is 11.8 Å². The fourth-order valence-electron chi connectivity index (χ4n) is 3.32. The molecule has 0 bridgehead atoms. The molecule has 0 atom stereocenters. The summed E-state index contributed by atoms with van der Waals surface area (Å²) in [5, 5.41) is 0. The number of hydrogen-bond acceptors (Lipinski definition) is 2. The predicted octanol–water partition coefficient (Wildman–Crippen LogP) is 4.28. The van der Waals surface area contributed by atoms with Gasteiger partial charge >= 0.3 is 0 Å². The van der Waals surface area contributed by atoms with Crippen molar-refractivity contribution in [1.29, 1.82) is 0 Å². The molecule has 19 heavy (non-hydrogen) atoms. The van der Waals surface area contributed by atoms with Crippen molar-refractivity contribution >= 4 is 17.5 Å². The number of rotatable bonds is 5. The third-order valence-corrected chi connectivity index (χ3v) is 5.66. The van der Waals surface area contributed by atoms with Crippen molar-refractivity contribution in [3.63, 3.8) is 0 Å². The van der Waals surface area contributed by atoms with Crippen LogP contribution in [-0.2, 0) is 12.8 Å². The number of carbonyl (C=O) groups is 1. The molecule has 0 aliphatic heterocycles. The van der Waals surface area contributed by atoms with Crippen LogP contribution in [0.1, 0.15) is 53.6 Å². The number of Topliss-reactive ketones (excluding diaryl/α,β-unsaturated/α-hetero) is 1. The summed E-state index contributed by atoms with van der Waals surface area (Å²) in [5.74, 6) is 3.03. The van der Waals surface area contributed by atoms with E-state index < -0.39 is 0 Å². The van der Waals surface area contributed by atoms with E-state index >= 15 is 0 Å². The molecule has 0 amide bonds. The zero-order valence-electron chi connectivity index (χ0n) is 11.5. The fourth-order valence-corrected chi connectivity index (χ4v) is 4.46. The topological polar surface area (TPSA) is 17.1 Å². The van der Waals surface area contributed by atoms with E-state index in [1.54, 1.807) is 0 Å².